The summed E-state index contributed by atoms with van der Waals surface area (Å²) in [7, 11) is 1.38. The van der Waals surface area contributed by atoms with Crippen LogP contribution in [0.15, 0.2) is 24.3 Å². The molecule has 0 spiro atoms. The molecule has 2 N–H and O–H groups in total. The minimum Gasteiger partial charge on any atom is -0.469 e. The second-order valence-electron chi connectivity index (χ2n) is 6.07. The van der Waals surface area contributed by atoms with Gasteiger partial charge in [0.15, 0.2) is 0 Å². The Labute approximate surface area is 130 Å². The maximum Gasteiger partial charge on any atom is 0.308 e. The van der Waals surface area contributed by atoms with Gasteiger partial charge in [0.25, 0.3) is 5.91 Å². The fourth-order valence-corrected chi connectivity index (χ4v) is 2.87. The van der Waals surface area contributed by atoms with Crippen molar-refractivity contribution in [3.8, 4) is 0 Å². The summed E-state index contributed by atoms with van der Waals surface area (Å²) in [6.07, 6.45) is 2.15. The van der Waals surface area contributed by atoms with Gasteiger partial charge in [-0.3, -0.25) is 9.59 Å². The van der Waals surface area contributed by atoms with Crippen molar-refractivity contribution >= 4 is 11.9 Å². The minimum absolute atomic E-state index is 0.141. The van der Waals surface area contributed by atoms with E-state index < -0.39 is 5.60 Å². The average molecular weight is 305 g/mol. The number of carbonyl (C=O) groups excluding carboxylic acids is 2. The highest BCUT2D eigenvalue weighted by Crippen LogP contribution is 2.32. The molecule has 1 amide bonds. The lowest BCUT2D eigenvalue weighted by Crippen LogP contribution is -2.46. The van der Waals surface area contributed by atoms with E-state index in [1.54, 1.807) is 6.07 Å². The molecular weight excluding hydrogens is 282 g/mol. The van der Waals surface area contributed by atoms with Crippen LogP contribution in [0.4, 0.5) is 0 Å². The van der Waals surface area contributed by atoms with Gasteiger partial charge in [-0.2, -0.15) is 0 Å². The number of amides is 1. The van der Waals surface area contributed by atoms with Crippen LogP contribution in [0.25, 0.3) is 0 Å². The first-order valence-corrected chi connectivity index (χ1v) is 7.58. The van der Waals surface area contributed by atoms with Crippen LogP contribution in [-0.2, 0) is 9.53 Å². The first-order chi connectivity index (χ1) is 10.4. The van der Waals surface area contributed by atoms with Crippen molar-refractivity contribution in [2.75, 3.05) is 13.7 Å². The van der Waals surface area contributed by atoms with E-state index in [1.165, 1.54) is 7.11 Å². The lowest BCUT2D eigenvalue weighted by atomic mass is 9.78. The minimum atomic E-state index is -0.940. The Hall–Kier alpha value is -1.88. The van der Waals surface area contributed by atoms with Crippen LogP contribution in [0.2, 0.25) is 0 Å². The molecule has 0 aliphatic heterocycles. The first-order valence-electron chi connectivity index (χ1n) is 7.58. The summed E-state index contributed by atoms with van der Waals surface area (Å²) in [5, 5.41) is 13.3. The van der Waals surface area contributed by atoms with Crippen LogP contribution in [0.1, 0.15) is 41.6 Å². The number of ether oxygens (including phenoxy) is 1. The summed E-state index contributed by atoms with van der Waals surface area (Å²) >= 11 is 0. The number of carbonyl (C=O) groups is 2. The third-order valence-electron chi connectivity index (χ3n) is 4.31. The third-order valence-corrected chi connectivity index (χ3v) is 4.31. The number of hydrogen-bond donors (Lipinski definition) is 2. The van der Waals surface area contributed by atoms with Crippen molar-refractivity contribution in [3.05, 3.63) is 35.4 Å². The van der Waals surface area contributed by atoms with Crippen LogP contribution < -0.4 is 5.32 Å². The molecule has 0 atom stereocenters. The Balaban J connectivity index is 1.86. The SMILES string of the molecule is COC(=O)C1CCC(O)(CNC(=O)c2cccc(C)c2)CC1. The lowest BCUT2D eigenvalue weighted by Gasteiger charge is -2.35. The van der Waals surface area contributed by atoms with E-state index in [1.807, 2.05) is 25.1 Å². The van der Waals surface area contributed by atoms with Crippen LogP contribution >= 0.6 is 0 Å². The molecule has 2 rings (SSSR count). The highest BCUT2D eigenvalue weighted by molar-refractivity contribution is 5.94. The van der Waals surface area contributed by atoms with E-state index >= 15 is 0 Å². The highest BCUT2D eigenvalue weighted by atomic mass is 16.5. The zero-order valence-corrected chi connectivity index (χ0v) is 13.1. The lowest BCUT2D eigenvalue weighted by molar-refractivity contribution is -0.148. The van der Waals surface area contributed by atoms with Gasteiger partial charge in [0.2, 0.25) is 0 Å². The van der Waals surface area contributed by atoms with Crippen molar-refractivity contribution in [2.24, 2.45) is 5.92 Å². The molecule has 1 aromatic rings. The van der Waals surface area contributed by atoms with Crippen LogP contribution in [0.3, 0.4) is 0 Å². The molecule has 1 saturated carbocycles. The molecule has 0 unspecified atom stereocenters. The second-order valence-corrected chi connectivity index (χ2v) is 6.07. The Bertz CT molecular complexity index is 547. The normalized spacial score (nSPS) is 24.6. The summed E-state index contributed by atoms with van der Waals surface area (Å²) in [5.41, 5.74) is 0.668. The van der Waals surface area contributed by atoms with E-state index in [0.717, 1.165) is 5.56 Å². The van der Waals surface area contributed by atoms with E-state index in [4.69, 9.17) is 4.74 Å². The number of esters is 1. The Morgan fingerprint density at radius 1 is 1.36 bits per heavy atom. The summed E-state index contributed by atoms with van der Waals surface area (Å²) in [4.78, 5) is 23.6. The van der Waals surface area contributed by atoms with E-state index in [2.05, 4.69) is 5.32 Å². The van der Waals surface area contributed by atoms with Gasteiger partial charge in [0.05, 0.1) is 18.6 Å². The molecule has 0 bridgehead atoms. The molecule has 1 aromatic carbocycles. The molecule has 0 heterocycles. The van der Waals surface area contributed by atoms with Crippen molar-refractivity contribution in [3.63, 3.8) is 0 Å². The summed E-state index contributed by atoms with van der Waals surface area (Å²) < 4.78 is 4.73. The molecule has 0 aromatic heterocycles. The fraction of sp³-hybridized carbons (Fsp3) is 0.529. The highest BCUT2D eigenvalue weighted by Gasteiger charge is 2.36. The summed E-state index contributed by atoms with van der Waals surface area (Å²) in [6, 6.07) is 7.33. The molecule has 22 heavy (non-hydrogen) atoms. The van der Waals surface area contributed by atoms with Crippen LogP contribution in [0, 0.1) is 12.8 Å². The first kappa shape index (κ1) is 16.5. The molecule has 1 fully saturated rings. The van der Waals surface area contributed by atoms with Crippen molar-refractivity contribution in [2.45, 2.75) is 38.2 Å². The van der Waals surface area contributed by atoms with Gasteiger partial charge >= 0.3 is 5.97 Å². The second kappa shape index (κ2) is 6.92. The maximum atomic E-state index is 12.1. The Morgan fingerprint density at radius 2 is 2.05 bits per heavy atom. The number of nitrogens with one attached hydrogen (secondary N) is 1. The third kappa shape index (κ3) is 4.07. The summed E-state index contributed by atoms with van der Waals surface area (Å²) in [6.45, 7) is 2.13. The number of rotatable bonds is 4. The molecule has 120 valence electrons. The zero-order chi connectivity index (χ0) is 16.2. The number of hydrogen-bond acceptors (Lipinski definition) is 4. The standard InChI is InChI=1S/C17H23NO4/c1-12-4-3-5-14(10-12)15(19)18-11-17(21)8-6-13(7-9-17)16(20)22-2/h3-5,10,13,21H,6-9,11H2,1-2H3,(H,18,19). The predicted molar refractivity (Wildman–Crippen MR) is 82.4 cm³/mol. The molecule has 1 aliphatic rings. The number of aliphatic hydroxyl groups is 1. The Morgan fingerprint density at radius 3 is 2.64 bits per heavy atom. The van der Waals surface area contributed by atoms with Gasteiger partial charge in [0.1, 0.15) is 0 Å². The monoisotopic (exact) mass is 305 g/mol. The maximum absolute atomic E-state index is 12.1. The van der Waals surface area contributed by atoms with Gasteiger partial charge in [0, 0.05) is 12.1 Å². The van der Waals surface area contributed by atoms with Gasteiger partial charge in [-0.05, 0) is 44.7 Å². The number of benzene rings is 1. The molecule has 0 radical (unpaired) electrons. The predicted octanol–water partition coefficient (Wildman–Crippen LogP) is 1.82. The van der Waals surface area contributed by atoms with Crippen molar-refractivity contribution in [1.29, 1.82) is 0 Å². The molecule has 1 aliphatic carbocycles. The van der Waals surface area contributed by atoms with Gasteiger partial charge in [-0.25, -0.2) is 0 Å². The van der Waals surface area contributed by atoms with E-state index in [-0.39, 0.29) is 24.3 Å². The average Bonchev–Trinajstić information content (AvgIpc) is 2.52. The Kier molecular flexibility index (Phi) is 5.19. The van der Waals surface area contributed by atoms with Crippen LogP contribution in [0.5, 0.6) is 0 Å². The molecule has 5 nitrogen and oxygen atoms in total. The number of aryl methyl sites for hydroxylation is 1. The summed E-state index contributed by atoms with van der Waals surface area (Å²) in [5.74, 6) is -0.546. The number of methoxy groups -OCH3 is 1. The fourth-order valence-electron chi connectivity index (χ4n) is 2.87. The van der Waals surface area contributed by atoms with Crippen LogP contribution in [-0.4, -0.2) is 36.2 Å². The van der Waals surface area contributed by atoms with Gasteiger partial charge in [-0.1, -0.05) is 17.7 Å². The van der Waals surface area contributed by atoms with Gasteiger partial charge < -0.3 is 15.2 Å². The molecule has 0 saturated heterocycles. The van der Waals surface area contributed by atoms with Crippen molar-refractivity contribution < 1.29 is 19.4 Å². The molecule has 5 heteroatoms. The van der Waals surface area contributed by atoms with E-state index in [0.29, 0.717) is 31.2 Å². The smallest absolute Gasteiger partial charge is 0.308 e. The topological polar surface area (TPSA) is 75.6 Å². The van der Waals surface area contributed by atoms with Gasteiger partial charge in [-0.15, -0.1) is 0 Å². The quantitative estimate of drug-likeness (QED) is 0.832. The van der Waals surface area contributed by atoms with Crippen molar-refractivity contribution in [1.82, 2.24) is 5.32 Å². The zero-order valence-electron chi connectivity index (χ0n) is 13.1. The molecular formula is C17H23NO4. The largest absolute Gasteiger partial charge is 0.469 e. The van der Waals surface area contributed by atoms with E-state index in [9.17, 15) is 14.7 Å².